The van der Waals surface area contributed by atoms with E-state index in [-0.39, 0.29) is 0 Å². The quantitative estimate of drug-likeness (QED) is 0.845. The summed E-state index contributed by atoms with van der Waals surface area (Å²) in [5.41, 5.74) is 0.959. The molecule has 1 rings (SSSR count). The van der Waals surface area contributed by atoms with Crippen LogP contribution >= 0.6 is 22.6 Å². The predicted molar refractivity (Wildman–Crippen MR) is 69.0 cm³/mol. The molecule has 0 spiro atoms. The highest BCUT2D eigenvalue weighted by Gasteiger charge is 2.10. The van der Waals surface area contributed by atoms with Gasteiger partial charge in [0, 0.05) is 20.6 Å². The first-order chi connectivity index (χ1) is 7.22. The molecular weight excluding hydrogens is 305 g/mol. The Morgan fingerprint density at radius 1 is 1.40 bits per heavy atom. The van der Waals surface area contributed by atoms with Crippen LogP contribution in [0.2, 0.25) is 0 Å². The number of hydrogen-bond donors (Lipinski definition) is 1. The molecule has 0 amide bonds. The molecule has 1 aromatic heterocycles. The van der Waals surface area contributed by atoms with Crippen molar-refractivity contribution in [2.75, 3.05) is 19.5 Å². The minimum Gasteiger partial charge on any atom is -0.378 e. The Hall–Kier alpha value is -0.430. The van der Waals surface area contributed by atoms with Crippen molar-refractivity contribution in [1.82, 2.24) is 9.97 Å². The molecule has 0 bridgehead atoms. The van der Waals surface area contributed by atoms with Gasteiger partial charge in [-0.05, 0) is 29.0 Å². The molecule has 0 fully saturated rings. The molecule has 1 N–H and O–H groups in total. The average Bonchev–Trinajstić information content (AvgIpc) is 2.23. The van der Waals surface area contributed by atoms with Crippen LogP contribution in [-0.2, 0) is 17.8 Å². The molecule has 0 aliphatic carbocycles. The van der Waals surface area contributed by atoms with Crippen molar-refractivity contribution < 1.29 is 4.74 Å². The second-order valence-electron chi connectivity index (χ2n) is 3.18. The SMILES string of the molecule is CCCc1nc(COC)c(I)c(NC)n1. The first-order valence-electron chi connectivity index (χ1n) is 4.94. The normalized spacial score (nSPS) is 10.4. The zero-order valence-corrected chi connectivity index (χ0v) is 11.5. The van der Waals surface area contributed by atoms with Gasteiger partial charge in [-0.25, -0.2) is 9.97 Å². The highest BCUT2D eigenvalue weighted by molar-refractivity contribution is 14.1. The van der Waals surface area contributed by atoms with E-state index in [1.54, 1.807) is 7.11 Å². The Morgan fingerprint density at radius 2 is 2.13 bits per heavy atom. The minimum atomic E-state index is 0.534. The highest BCUT2D eigenvalue weighted by atomic mass is 127. The first kappa shape index (κ1) is 12.6. The van der Waals surface area contributed by atoms with Crippen LogP contribution in [0.15, 0.2) is 0 Å². The van der Waals surface area contributed by atoms with Crippen LogP contribution in [0.1, 0.15) is 24.9 Å². The Kier molecular flexibility index (Phi) is 5.24. The van der Waals surface area contributed by atoms with Gasteiger partial charge in [0.25, 0.3) is 0 Å². The fourth-order valence-electron chi connectivity index (χ4n) is 1.28. The number of methoxy groups -OCH3 is 1. The van der Waals surface area contributed by atoms with Crippen molar-refractivity contribution in [2.24, 2.45) is 0 Å². The number of aryl methyl sites for hydroxylation is 1. The molecule has 15 heavy (non-hydrogen) atoms. The third-order valence-electron chi connectivity index (χ3n) is 1.96. The molecule has 0 aliphatic heterocycles. The van der Waals surface area contributed by atoms with E-state index in [0.717, 1.165) is 33.7 Å². The Labute approximate surface area is 104 Å². The fourth-order valence-corrected chi connectivity index (χ4v) is 1.94. The van der Waals surface area contributed by atoms with Crippen LogP contribution in [0, 0.1) is 3.57 Å². The molecule has 0 radical (unpaired) electrons. The van der Waals surface area contributed by atoms with Gasteiger partial charge in [0.2, 0.25) is 0 Å². The van der Waals surface area contributed by atoms with Crippen LogP contribution in [0.5, 0.6) is 0 Å². The number of aromatic nitrogens is 2. The summed E-state index contributed by atoms with van der Waals surface area (Å²) in [5, 5.41) is 3.08. The van der Waals surface area contributed by atoms with Crippen LogP contribution < -0.4 is 5.32 Å². The number of hydrogen-bond acceptors (Lipinski definition) is 4. The summed E-state index contributed by atoms with van der Waals surface area (Å²) < 4.78 is 6.16. The number of rotatable bonds is 5. The Bertz CT molecular complexity index is 331. The molecule has 0 saturated carbocycles. The lowest BCUT2D eigenvalue weighted by atomic mass is 10.3. The van der Waals surface area contributed by atoms with Crippen LogP contribution in [0.4, 0.5) is 5.82 Å². The lowest BCUT2D eigenvalue weighted by Crippen LogP contribution is -2.08. The molecule has 1 aromatic rings. The lowest BCUT2D eigenvalue weighted by Gasteiger charge is -2.10. The third kappa shape index (κ3) is 3.27. The number of anilines is 1. The number of nitrogens with zero attached hydrogens (tertiary/aromatic N) is 2. The highest BCUT2D eigenvalue weighted by Crippen LogP contribution is 2.19. The Morgan fingerprint density at radius 3 is 2.67 bits per heavy atom. The molecule has 84 valence electrons. The molecule has 0 atom stereocenters. The van der Waals surface area contributed by atoms with Crippen LogP contribution in [-0.4, -0.2) is 24.1 Å². The lowest BCUT2D eigenvalue weighted by molar-refractivity contribution is 0.180. The largest absolute Gasteiger partial charge is 0.378 e. The molecule has 4 nitrogen and oxygen atoms in total. The van der Waals surface area contributed by atoms with Gasteiger partial charge >= 0.3 is 0 Å². The molecule has 1 heterocycles. The topological polar surface area (TPSA) is 47.0 Å². The summed E-state index contributed by atoms with van der Waals surface area (Å²) in [5.74, 6) is 1.77. The van der Waals surface area contributed by atoms with Gasteiger partial charge < -0.3 is 10.1 Å². The van der Waals surface area contributed by atoms with Gasteiger partial charge in [-0.1, -0.05) is 6.92 Å². The van der Waals surface area contributed by atoms with Crippen molar-refractivity contribution >= 4 is 28.4 Å². The van der Waals surface area contributed by atoms with E-state index in [1.165, 1.54) is 0 Å². The van der Waals surface area contributed by atoms with Gasteiger partial charge in [-0.3, -0.25) is 0 Å². The van der Waals surface area contributed by atoms with Gasteiger partial charge in [-0.2, -0.15) is 0 Å². The summed E-state index contributed by atoms with van der Waals surface area (Å²) in [7, 11) is 3.55. The summed E-state index contributed by atoms with van der Waals surface area (Å²) in [6, 6.07) is 0. The smallest absolute Gasteiger partial charge is 0.143 e. The van der Waals surface area contributed by atoms with E-state index in [2.05, 4.69) is 44.8 Å². The number of ether oxygens (including phenoxy) is 1. The van der Waals surface area contributed by atoms with Crippen molar-refractivity contribution in [2.45, 2.75) is 26.4 Å². The number of halogens is 1. The minimum absolute atomic E-state index is 0.534. The maximum atomic E-state index is 5.12. The molecule has 5 heteroatoms. The zero-order chi connectivity index (χ0) is 11.3. The maximum Gasteiger partial charge on any atom is 0.143 e. The van der Waals surface area contributed by atoms with E-state index in [4.69, 9.17) is 4.74 Å². The summed E-state index contributed by atoms with van der Waals surface area (Å²) in [6.07, 6.45) is 1.96. The summed E-state index contributed by atoms with van der Waals surface area (Å²) >= 11 is 2.24. The second-order valence-corrected chi connectivity index (χ2v) is 4.26. The van der Waals surface area contributed by atoms with Crippen molar-refractivity contribution in [3.05, 3.63) is 15.1 Å². The maximum absolute atomic E-state index is 5.12. The molecule has 0 aliphatic rings. The second kappa shape index (κ2) is 6.22. The monoisotopic (exact) mass is 321 g/mol. The van der Waals surface area contributed by atoms with E-state index >= 15 is 0 Å². The van der Waals surface area contributed by atoms with Crippen LogP contribution in [0.25, 0.3) is 0 Å². The number of nitrogens with one attached hydrogen (secondary N) is 1. The summed E-state index contributed by atoms with van der Waals surface area (Å²) in [6.45, 7) is 2.66. The van der Waals surface area contributed by atoms with Crippen molar-refractivity contribution in [3.8, 4) is 0 Å². The molecule has 0 saturated heterocycles. The first-order valence-corrected chi connectivity index (χ1v) is 6.02. The van der Waals surface area contributed by atoms with E-state index in [1.807, 2.05) is 7.05 Å². The average molecular weight is 321 g/mol. The molecule has 0 aromatic carbocycles. The predicted octanol–water partition coefficient (Wildman–Crippen LogP) is 2.22. The van der Waals surface area contributed by atoms with Gasteiger partial charge in [-0.15, -0.1) is 0 Å². The van der Waals surface area contributed by atoms with E-state index in [9.17, 15) is 0 Å². The van der Waals surface area contributed by atoms with Gasteiger partial charge in [0.05, 0.1) is 15.9 Å². The fraction of sp³-hybridized carbons (Fsp3) is 0.600. The van der Waals surface area contributed by atoms with Crippen molar-refractivity contribution in [3.63, 3.8) is 0 Å². The van der Waals surface area contributed by atoms with E-state index in [0.29, 0.717) is 6.61 Å². The van der Waals surface area contributed by atoms with Crippen LogP contribution in [0.3, 0.4) is 0 Å². The standard InChI is InChI=1S/C10H16IN3O/c1-4-5-8-13-7(6-15-3)9(11)10(12-2)14-8/h4-6H2,1-3H3,(H,12,13,14). The molecule has 0 unspecified atom stereocenters. The zero-order valence-electron chi connectivity index (χ0n) is 9.30. The molecular formula is C10H16IN3O. The van der Waals surface area contributed by atoms with Gasteiger partial charge in [0.15, 0.2) is 0 Å². The third-order valence-corrected chi connectivity index (χ3v) is 3.09. The van der Waals surface area contributed by atoms with E-state index < -0.39 is 0 Å². The van der Waals surface area contributed by atoms with Gasteiger partial charge in [0.1, 0.15) is 11.6 Å². The van der Waals surface area contributed by atoms with Crippen molar-refractivity contribution in [1.29, 1.82) is 0 Å². The summed E-state index contributed by atoms with van der Waals surface area (Å²) in [4.78, 5) is 8.91. The Balaban J connectivity index is 3.07.